The molecule has 5 heteroatoms. The molecule has 1 saturated heterocycles. The molecule has 0 radical (unpaired) electrons. The Labute approximate surface area is 105 Å². The van der Waals surface area contributed by atoms with Crippen molar-refractivity contribution in [3.63, 3.8) is 0 Å². The molecule has 1 heterocycles. The minimum absolute atomic E-state index is 0.107. The molecule has 0 spiro atoms. The Morgan fingerprint density at radius 2 is 2.18 bits per heavy atom. The van der Waals surface area contributed by atoms with Gasteiger partial charge < -0.3 is 10.4 Å². The summed E-state index contributed by atoms with van der Waals surface area (Å²) in [5.74, 6) is 0.879. The maximum absolute atomic E-state index is 11.4. The highest BCUT2D eigenvalue weighted by atomic mass is 32.2. The number of hydrogen-bond acceptors (Lipinski definition) is 4. The first-order valence-electron chi connectivity index (χ1n) is 6.61. The SMILES string of the molecule is CCCCNCCC(CO)C1CCS(=O)(=O)C1. The number of rotatable bonds is 8. The van der Waals surface area contributed by atoms with E-state index in [0.29, 0.717) is 5.75 Å². The fraction of sp³-hybridized carbons (Fsp3) is 1.00. The van der Waals surface area contributed by atoms with E-state index in [1.165, 1.54) is 12.8 Å². The third-order valence-electron chi connectivity index (χ3n) is 3.57. The number of aliphatic hydroxyl groups excluding tert-OH is 1. The summed E-state index contributed by atoms with van der Waals surface area (Å²) in [6.07, 6.45) is 3.95. The quantitative estimate of drug-likeness (QED) is 0.636. The third-order valence-corrected chi connectivity index (χ3v) is 5.36. The highest BCUT2D eigenvalue weighted by Gasteiger charge is 2.32. The van der Waals surface area contributed by atoms with Gasteiger partial charge in [-0.3, -0.25) is 0 Å². The van der Waals surface area contributed by atoms with E-state index in [1.54, 1.807) is 0 Å². The molecule has 2 atom stereocenters. The second-order valence-electron chi connectivity index (χ2n) is 5.00. The maximum atomic E-state index is 11.4. The second-order valence-corrected chi connectivity index (χ2v) is 7.23. The van der Waals surface area contributed by atoms with Crippen LogP contribution in [0.3, 0.4) is 0 Å². The van der Waals surface area contributed by atoms with Gasteiger partial charge in [0.2, 0.25) is 0 Å². The number of hydrogen-bond donors (Lipinski definition) is 2. The first kappa shape index (κ1) is 14.9. The Bertz CT molecular complexity index is 303. The Hall–Kier alpha value is -0.130. The van der Waals surface area contributed by atoms with Crippen LogP contribution in [0.5, 0.6) is 0 Å². The van der Waals surface area contributed by atoms with Crippen molar-refractivity contribution in [3.8, 4) is 0 Å². The van der Waals surface area contributed by atoms with Gasteiger partial charge in [-0.2, -0.15) is 0 Å². The topological polar surface area (TPSA) is 66.4 Å². The average molecular weight is 263 g/mol. The van der Waals surface area contributed by atoms with E-state index in [-0.39, 0.29) is 24.2 Å². The van der Waals surface area contributed by atoms with Gasteiger partial charge in [0, 0.05) is 6.61 Å². The van der Waals surface area contributed by atoms with Gasteiger partial charge in [0.1, 0.15) is 0 Å². The standard InChI is InChI=1S/C12H25NO3S/c1-2-3-6-13-7-4-11(9-14)12-5-8-17(15,16)10-12/h11-14H,2-10H2,1H3. The number of unbranched alkanes of at least 4 members (excludes halogenated alkanes) is 1. The molecule has 4 nitrogen and oxygen atoms in total. The predicted octanol–water partition coefficient (Wildman–Crippen LogP) is 0.809. The van der Waals surface area contributed by atoms with Crippen LogP contribution in [0, 0.1) is 11.8 Å². The Morgan fingerprint density at radius 1 is 1.41 bits per heavy atom. The van der Waals surface area contributed by atoms with E-state index in [9.17, 15) is 13.5 Å². The summed E-state index contributed by atoms with van der Waals surface area (Å²) in [7, 11) is -2.82. The summed E-state index contributed by atoms with van der Waals surface area (Å²) < 4.78 is 22.8. The van der Waals surface area contributed by atoms with Crippen LogP contribution in [0.15, 0.2) is 0 Å². The molecule has 0 bridgehead atoms. The van der Waals surface area contributed by atoms with E-state index < -0.39 is 9.84 Å². The molecule has 0 aromatic heterocycles. The molecule has 0 aliphatic carbocycles. The molecule has 1 fully saturated rings. The molecule has 17 heavy (non-hydrogen) atoms. The van der Waals surface area contributed by atoms with Gasteiger partial charge in [-0.25, -0.2) is 8.42 Å². The maximum Gasteiger partial charge on any atom is 0.150 e. The van der Waals surface area contributed by atoms with Gasteiger partial charge >= 0.3 is 0 Å². The summed E-state index contributed by atoms with van der Waals surface area (Å²) in [6, 6.07) is 0. The fourth-order valence-corrected chi connectivity index (χ4v) is 4.31. The minimum Gasteiger partial charge on any atom is -0.396 e. The number of aliphatic hydroxyl groups is 1. The molecule has 2 unspecified atom stereocenters. The lowest BCUT2D eigenvalue weighted by Gasteiger charge is -2.20. The molecule has 1 rings (SSSR count). The van der Waals surface area contributed by atoms with Crippen LogP contribution in [-0.2, 0) is 9.84 Å². The van der Waals surface area contributed by atoms with Crippen molar-refractivity contribution in [2.24, 2.45) is 11.8 Å². The van der Waals surface area contributed by atoms with E-state index in [1.807, 2.05) is 0 Å². The van der Waals surface area contributed by atoms with Gasteiger partial charge in [0.25, 0.3) is 0 Å². The monoisotopic (exact) mass is 263 g/mol. The highest BCUT2D eigenvalue weighted by molar-refractivity contribution is 7.91. The molecule has 0 saturated carbocycles. The van der Waals surface area contributed by atoms with Gasteiger partial charge in [-0.05, 0) is 44.2 Å². The van der Waals surface area contributed by atoms with Crippen molar-refractivity contribution in [3.05, 3.63) is 0 Å². The van der Waals surface area contributed by atoms with E-state index in [4.69, 9.17) is 0 Å². The van der Waals surface area contributed by atoms with Crippen molar-refractivity contribution >= 4 is 9.84 Å². The van der Waals surface area contributed by atoms with Crippen LogP contribution in [-0.4, -0.2) is 44.7 Å². The van der Waals surface area contributed by atoms with Crippen LogP contribution < -0.4 is 5.32 Å². The zero-order valence-electron chi connectivity index (χ0n) is 10.7. The highest BCUT2D eigenvalue weighted by Crippen LogP contribution is 2.27. The molecule has 102 valence electrons. The first-order valence-corrected chi connectivity index (χ1v) is 8.43. The zero-order valence-corrected chi connectivity index (χ0v) is 11.5. The normalized spacial score (nSPS) is 24.9. The van der Waals surface area contributed by atoms with Crippen LogP contribution in [0.25, 0.3) is 0 Å². The molecule has 0 amide bonds. The molecule has 0 aromatic rings. The summed E-state index contributed by atoms with van der Waals surface area (Å²) >= 11 is 0. The molecular weight excluding hydrogens is 238 g/mol. The summed E-state index contributed by atoms with van der Waals surface area (Å²) in [6.45, 7) is 4.15. The van der Waals surface area contributed by atoms with Crippen molar-refractivity contribution in [1.82, 2.24) is 5.32 Å². The fourth-order valence-electron chi connectivity index (χ4n) is 2.39. The smallest absolute Gasteiger partial charge is 0.150 e. The number of sulfone groups is 1. The van der Waals surface area contributed by atoms with E-state index >= 15 is 0 Å². The van der Waals surface area contributed by atoms with Gasteiger partial charge in [0.15, 0.2) is 9.84 Å². The van der Waals surface area contributed by atoms with Crippen LogP contribution in [0.2, 0.25) is 0 Å². The van der Waals surface area contributed by atoms with Crippen LogP contribution >= 0.6 is 0 Å². The van der Waals surface area contributed by atoms with Gasteiger partial charge in [-0.1, -0.05) is 13.3 Å². The Morgan fingerprint density at radius 3 is 2.71 bits per heavy atom. The summed E-state index contributed by atoms with van der Waals surface area (Å²) in [4.78, 5) is 0. The molecule has 1 aliphatic rings. The van der Waals surface area contributed by atoms with Crippen molar-refractivity contribution in [2.75, 3.05) is 31.2 Å². The van der Waals surface area contributed by atoms with Gasteiger partial charge in [-0.15, -0.1) is 0 Å². The lowest BCUT2D eigenvalue weighted by atomic mass is 9.90. The van der Waals surface area contributed by atoms with E-state index in [0.717, 1.165) is 25.9 Å². The summed E-state index contributed by atoms with van der Waals surface area (Å²) in [5, 5.41) is 12.7. The minimum atomic E-state index is -2.82. The first-order chi connectivity index (χ1) is 8.09. The second kappa shape index (κ2) is 7.34. The van der Waals surface area contributed by atoms with Gasteiger partial charge in [0.05, 0.1) is 11.5 Å². The molecular formula is C12H25NO3S. The van der Waals surface area contributed by atoms with Crippen molar-refractivity contribution in [1.29, 1.82) is 0 Å². The Kier molecular flexibility index (Phi) is 6.44. The van der Waals surface area contributed by atoms with Crippen LogP contribution in [0.4, 0.5) is 0 Å². The molecule has 1 aliphatic heterocycles. The summed E-state index contributed by atoms with van der Waals surface area (Å²) in [5.41, 5.74) is 0. The lowest BCUT2D eigenvalue weighted by molar-refractivity contribution is 0.175. The Balaban J connectivity index is 2.24. The predicted molar refractivity (Wildman–Crippen MR) is 69.7 cm³/mol. The van der Waals surface area contributed by atoms with Crippen LogP contribution in [0.1, 0.15) is 32.6 Å². The average Bonchev–Trinajstić information content (AvgIpc) is 2.64. The number of nitrogens with one attached hydrogen (secondary N) is 1. The lowest BCUT2D eigenvalue weighted by Crippen LogP contribution is -2.26. The van der Waals surface area contributed by atoms with Crippen molar-refractivity contribution < 1.29 is 13.5 Å². The zero-order chi connectivity index (χ0) is 12.7. The molecule has 0 aromatic carbocycles. The third kappa shape index (κ3) is 5.36. The molecule has 2 N–H and O–H groups in total. The largest absolute Gasteiger partial charge is 0.396 e. The van der Waals surface area contributed by atoms with E-state index in [2.05, 4.69) is 12.2 Å². The van der Waals surface area contributed by atoms with Crippen molar-refractivity contribution in [2.45, 2.75) is 32.6 Å².